The molecule has 0 aliphatic rings. The minimum absolute atomic E-state index is 0.00417. The maximum Gasteiger partial charge on any atom is 0.335 e. The van der Waals surface area contributed by atoms with E-state index >= 15 is 0 Å². The number of furan rings is 1. The van der Waals surface area contributed by atoms with Crippen molar-refractivity contribution in [2.24, 2.45) is 0 Å². The number of nitro benzene ring substituents is 1. The van der Waals surface area contributed by atoms with Crippen LogP contribution in [0.5, 0.6) is 0 Å². The summed E-state index contributed by atoms with van der Waals surface area (Å²) in [5, 5.41) is 29.2. The predicted molar refractivity (Wildman–Crippen MR) is 102 cm³/mol. The zero-order valence-corrected chi connectivity index (χ0v) is 14.7. The van der Waals surface area contributed by atoms with Crippen LogP contribution >= 0.6 is 0 Å². The third-order valence-corrected chi connectivity index (χ3v) is 4.16. The molecule has 0 aliphatic heterocycles. The first-order chi connectivity index (χ1) is 13.4. The molecule has 0 unspecified atom stereocenters. The number of carbonyl (C=O) groups is 1. The zero-order valence-electron chi connectivity index (χ0n) is 14.7. The molecule has 0 fully saturated rings. The predicted octanol–water partition coefficient (Wildman–Crippen LogP) is 4.93. The Morgan fingerprint density at radius 2 is 1.82 bits per heavy atom. The topological polar surface area (TPSA) is 117 Å². The van der Waals surface area contributed by atoms with E-state index in [4.69, 9.17) is 9.52 Å². The van der Waals surface area contributed by atoms with Gasteiger partial charge < -0.3 is 9.52 Å². The van der Waals surface area contributed by atoms with Crippen molar-refractivity contribution < 1.29 is 19.2 Å². The molecular weight excluding hydrogens is 360 g/mol. The fraction of sp³-hybridized carbons (Fsp3) is 0.0476. The highest BCUT2D eigenvalue weighted by Crippen LogP contribution is 2.29. The first-order valence-corrected chi connectivity index (χ1v) is 8.20. The van der Waals surface area contributed by atoms with Crippen molar-refractivity contribution in [2.45, 2.75) is 6.92 Å². The summed E-state index contributed by atoms with van der Waals surface area (Å²) in [5.74, 6) is -0.0769. The minimum atomic E-state index is -1.04. The van der Waals surface area contributed by atoms with Crippen LogP contribution in [0.25, 0.3) is 23.0 Å². The number of carboxylic acid groups (broad SMARTS) is 1. The number of aryl methyl sites for hydroxylation is 1. The number of rotatable bonds is 5. The van der Waals surface area contributed by atoms with Crippen molar-refractivity contribution in [1.82, 2.24) is 0 Å². The normalized spacial score (nSPS) is 11.1. The Morgan fingerprint density at radius 3 is 2.39 bits per heavy atom. The van der Waals surface area contributed by atoms with Crippen LogP contribution in [0.1, 0.15) is 27.2 Å². The summed E-state index contributed by atoms with van der Waals surface area (Å²) >= 11 is 0. The minimum Gasteiger partial charge on any atom is -0.478 e. The van der Waals surface area contributed by atoms with Crippen LogP contribution in [-0.4, -0.2) is 16.0 Å². The van der Waals surface area contributed by atoms with E-state index in [1.165, 1.54) is 24.3 Å². The molecule has 7 nitrogen and oxygen atoms in total. The van der Waals surface area contributed by atoms with Crippen LogP contribution in [-0.2, 0) is 0 Å². The number of hydrogen-bond donors (Lipinski definition) is 1. The average molecular weight is 374 g/mol. The smallest absolute Gasteiger partial charge is 0.335 e. The van der Waals surface area contributed by atoms with Crippen molar-refractivity contribution in [3.8, 4) is 17.4 Å². The van der Waals surface area contributed by atoms with E-state index in [-0.39, 0.29) is 11.3 Å². The lowest BCUT2D eigenvalue weighted by atomic mass is 10.0. The van der Waals surface area contributed by atoms with Crippen molar-refractivity contribution in [1.29, 1.82) is 5.26 Å². The van der Waals surface area contributed by atoms with E-state index in [0.717, 1.165) is 5.56 Å². The van der Waals surface area contributed by atoms with Gasteiger partial charge in [0, 0.05) is 17.7 Å². The van der Waals surface area contributed by atoms with E-state index in [1.807, 2.05) is 0 Å². The third kappa shape index (κ3) is 3.81. The summed E-state index contributed by atoms with van der Waals surface area (Å²) in [4.78, 5) is 21.3. The Morgan fingerprint density at radius 1 is 1.14 bits per heavy atom. The van der Waals surface area contributed by atoms with Crippen LogP contribution in [0.15, 0.2) is 59.0 Å². The van der Waals surface area contributed by atoms with Crippen molar-refractivity contribution >= 4 is 23.3 Å². The quantitative estimate of drug-likeness (QED) is 0.384. The molecule has 3 aromatic rings. The summed E-state index contributed by atoms with van der Waals surface area (Å²) in [6.45, 7) is 1.76. The summed E-state index contributed by atoms with van der Waals surface area (Å²) in [5.41, 5.74) is 2.44. The zero-order chi connectivity index (χ0) is 20.3. The lowest BCUT2D eigenvalue weighted by molar-refractivity contribution is -0.384. The molecule has 138 valence electrons. The fourth-order valence-corrected chi connectivity index (χ4v) is 2.73. The van der Waals surface area contributed by atoms with E-state index in [9.17, 15) is 20.2 Å². The average Bonchev–Trinajstić information content (AvgIpc) is 3.14. The third-order valence-electron chi connectivity index (χ3n) is 4.16. The van der Waals surface area contributed by atoms with Crippen LogP contribution in [0, 0.1) is 28.4 Å². The molecule has 0 saturated carbocycles. The molecule has 7 heteroatoms. The Balaban J connectivity index is 1.91. The van der Waals surface area contributed by atoms with E-state index < -0.39 is 10.9 Å². The van der Waals surface area contributed by atoms with Gasteiger partial charge in [-0.05, 0) is 54.5 Å². The number of allylic oxidation sites excluding steroid dienone is 1. The molecule has 0 atom stereocenters. The van der Waals surface area contributed by atoms with Crippen molar-refractivity contribution in [3.05, 3.63) is 87.2 Å². The van der Waals surface area contributed by atoms with Crippen LogP contribution in [0.3, 0.4) is 0 Å². The number of carboxylic acids is 1. The van der Waals surface area contributed by atoms with Gasteiger partial charge in [0.05, 0.1) is 22.1 Å². The van der Waals surface area contributed by atoms with Gasteiger partial charge in [0.25, 0.3) is 5.69 Å². The van der Waals surface area contributed by atoms with Gasteiger partial charge in [-0.15, -0.1) is 0 Å². The first-order valence-electron chi connectivity index (χ1n) is 8.20. The summed E-state index contributed by atoms with van der Waals surface area (Å²) in [7, 11) is 0. The molecule has 0 amide bonds. The molecule has 3 rings (SSSR count). The monoisotopic (exact) mass is 374 g/mol. The number of nitro groups is 1. The van der Waals surface area contributed by atoms with E-state index in [1.54, 1.807) is 43.3 Å². The number of nitriles is 1. The highest BCUT2D eigenvalue weighted by molar-refractivity contribution is 5.91. The largest absolute Gasteiger partial charge is 0.478 e. The van der Waals surface area contributed by atoms with Gasteiger partial charge >= 0.3 is 5.97 Å². The van der Waals surface area contributed by atoms with Crippen LogP contribution in [0.2, 0.25) is 0 Å². The lowest BCUT2D eigenvalue weighted by Gasteiger charge is -2.02. The second kappa shape index (κ2) is 7.60. The summed E-state index contributed by atoms with van der Waals surface area (Å²) < 4.78 is 5.78. The maximum atomic E-state index is 10.9. The molecule has 1 N–H and O–H groups in total. The SMILES string of the molecule is Cc1cc([N+](=O)[O-])ccc1-c1ccc(/C=C(\C#N)c2ccc(C(=O)O)cc2)o1. The summed E-state index contributed by atoms with van der Waals surface area (Å²) in [6.07, 6.45) is 1.56. The molecule has 0 saturated heterocycles. The molecular formula is C21H14N2O5. The maximum absolute atomic E-state index is 10.9. The van der Waals surface area contributed by atoms with Crippen molar-refractivity contribution in [3.63, 3.8) is 0 Å². The second-order valence-electron chi connectivity index (χ2n) is 6.01. The Hall–Kier alpha value is -4.18. The molecule has 2 aromatic carbocycles. The molecule has 28 heavy (non-hydrogen) atoms. The van der Waals surface area contributed by atoms with Crippen LogP contribution in [0.4, 0.5) is 5.69 Å². The second-order valence-corrected chi connectivity index (χ2v) is 6.01. The first kappa shape index (κ1) is 18.6. The number of hydrogen-bond acceptors (Lipinski definition) is 5. The Labute approximate surface area is 159 Å². The summed E-state index contributed by atoms with van der Waals surface area (Å²) in [6, 6.07) is 16.0. The van der Waals surface area contributed by atoms with Gasteiger partial charge in [-0.25, -0.2) is 4.79 Å². The van der Waals surface area contributed by atoms with Gasteiger partial charge in [0.2, 0.25) is 0 Å². The van der Waals surface area contributed by atoms with Gasteiger partial charge in [0.15, 0.2) is 0 Å². The molecule has 0 spiro atoms. The molecule has 1 aromatic heterocycles. The molecule has 0 bridgehead atoms. The lowest BCUT2D eigenvalue weighted by Crippen LogP contribution is -1.95. The van der Waals surface area contributed by atoms with Gasteiger partial charge in [-0.1, -0.05) is 12.1 Å². The van der Waals surface area contributed by atoms with E-state index in [0.29, 0.717) is 28.2 Å². The van der Waals surface area contributed by atoms with Gasteiger partial charge in [-0.2, -0.15) is 5.26 Å². The number of non-ortho nitro benzene ring substituents is 1. The number of aromatic carboxylic acids is 1. The number of nitrogens with zero attached hydrogens (tertiary/aromatic N) is 2. The standard InChI is InChI=1S/C21H14N2O5/c1-13-10-17(23(26)27)6-8-19(13)20-9-7-18(28-20)11-16(12-22)14-2-4-15(5-3-14)21(24)25/h2-11H,1H3,(H,24,25)/b16-11+. The van der Waals surface area contributed by atoms with E-state index in [2.05, 4.69) is 6.07 Å². The number of benzene rings is 2. The Kier molecular flexibility index (Phi) is 5.05. The molecule has 0 radical (unpaired) electrons. The highest BCUT2D eigenvalue weighted by atomic mass is 16.6. The van der Waals surface area contributed by atoms with Crippen molar-refractivity contribution in [2.75, 3.05) is 0 Å². The highest BCUT2D eigenvalue weighted by Gasteiger charge is 2.12. The van der Waals surface area contributed by atoms with Gasteiger partial charge in [-0.3, -0.25) is 10.1 Å². The van der Waals surface area contributed by atoms with Crippen LogP contribution < -0.4 is 0 Å². The Bertz CT molecular complexity index is 1130. The fourth-order valence-electron chi connectivity index (χ4n) is 2.73. The van der Waals surface area contributed by atoms with Gasteiger partial charge in [0.1, 0.15) is 11.5 Å². The molecule has 1 heterocycles. The molecule has 0 aliphatic carbocycles.